The molecule has 2 amide bonds. The van der Waals surface area contributed by atoms with Crippen LogP contribution in [0.3, 0.4) is 0 Å². The first kappa shape index (κ1) is 19.4. The van der Waals surface area contributed by atoms with Crippen LogP contribution in [0.25, 0.3) is 0 Å². The predicted octanol–water partition coefficient (Wildman–Crippen LogP) is 2.98. The number of rotatable bonds is 6. The highest BCUT2D eigenvalue weighted by molar-refractivity contribution is 7.12. The quantitative estimate of drug-likeness (QED) is 0.776. The van der Waals surface area contributed by atoms with E-state index < -0.39 is 0 Å². The minimum atomic E-state index is -0.312. The van der Waals surface area contributed by atoms with Crippen LogP contribution in [0.5, 0.6) is 0 Å². The standard InChI is InChI=1S/C20H31N3O2S/c1-16-7-4-11-22(15-16)12-6-10-21-19(24)17-8-2-3-13-23(17)20(25)18-9-5-14-26-18/h5,9,14,16-17H,2-4,6-8,10-13,15H2,1H3,(H,21,24). The second-order valence-electron chi connectivity index (χ2n) is 7.68. The van der Waals surface area contributed by atoms with Gasteiger partial charge in [-0.05, 0) is 69.0 Å². The average molecular weight is 378 g/mol. The molecule has 26 heavy (non-hydrogen) atoms. The molecule has 2 saturated heterocycles. The first-order valence-electron chi connectivity index (χ1n) is 9.99. The molecule has 2 unspecified atom stereocenters. The van der Waals surface area contributed by atoms with Crippen LogP contribution in [0, 0.1) is 5.92 Å². The normalized spacial score (nSPS) is 24.4. The molecule has 3 rings (SSSR count). The Morgan fingerprint density at radius 1 is 1.23 bits per heavy atom. The van der Waals surface area contributed by atoms with Crippen LogP contribution in [0.2, 0.25) is 0 Å². The summed E-state index contributed by atoms with van der Waals surface area (Å²) in [4.78, 5) is 30.4. The Morgan fingerprint density at radius 2 is 2.12 bits per heavy atom. The summed E-state index contributed by atoms with van der Waals surface area (Å²) < 4.78 is 0. The molecule has 1 aromatic heterocycles. The van der Waals surface area contributed by atoms with Crippen molar-refractivity contribution in [3.63, 3.8) is 0 Å². The lowest BCUT2D eigenvalue weighted by Crippen LogP contribution is -2.52. The molecule has 144 valence electrons. The third kappa shape index (κ3) is 5.07. The molecule has 0 bridgehead atoms. The van der Waals surface area contributed by atoms with Crippen molar-refractivity contribution >= 4 is 23.2 Å². The van der Waals surface area contributed by atoms with Crippen LogP contribution < -0.4 is 5.32 Å². The van der Waals surface area contributed by atoms with Gasteiger partial charge in [-0.15, -0.1) is 11.3 Å². The van der Waals surface area contributed by atoms with Gasteiger partial charge in [0.2, 0.25) is 5.91 Å². The first-order chi connectivity index (χ1) is 12.6. The largest absolute Gasteiger partial charge is 0.354 e. The fourth-order valence-electron chi connectivity index (χ4n) is 4.11. The first-order valence-corrected chi connectivity index (χ1v) is 10.9. The lowest BCUT2D eigenvalue weighted by atomic mass is 10.00. The van der Waals surface area contributed by atoms with Crippen LogP contribution in [-0.4, -0.2) is 60.4 Å². The summed E-state index contributed by atoms with van der Waals surface area (Å²) in [5, 5.41) is 4.99. The van der Waals surface area contributed by atoms with E-state index in [1.54, 1.807) is 4.90 Å². The van der Waals surface area contributed by atoms with E-state index in [-0.39, 0.29) is 17.9 Å². The number of amides is 2. The van der Waals surface area contributed by atoms with Crippen molar-refractivity contribution in [2.24, 2.45) is 5.92 Å². The summed E-state index contributed by atoms with van der Waals surface area (Å²) in [6.45, 7) is 7.11. The number of hydrogen-bond donors (Lipinski definition) is 1. The van der Waals surface area contributed by atoms with Crippen molar-refractivity contribution in [3.8, 4) is 0 Å². The highest BCUT2D eigenvalue weighted by Crippen LogP contribution is 2.22. The van der Waals surface area contributed by atoms with Crippen LogP contribution in [-0.2, 0) is 4.79 Å². The second kappa shape index (κ2) is 9.51. The molecule has 3 heterocycles. The van der Waals surface area contributed by atoms with E-state index in [4.69, 9.17) is 0 Å². The van der Waals surface area contributed by atoms with E-state index in [2.05, 4.69) is 17.1 Å². The van der Waals surface area contributed by atoms with Gasteiger partial charge < -0.3 is 15.1 Å². The number of thiophene rings is 1. The molecule has 2 aliphatic rings. The maximum atomic E-state index is 12.7. The molecule has 2 aliphatic heterocycles. The molecule has 2 atom stereocenters. The molecule has 2 fully saturated rings. The van der Waals surface area contributed by atoms with E-state index in [1.165, 1.54) is 37.3 Å². The molecule has 1 N–H and O–H groups in total. The number of piperidine rings is 2. The van der Waals surface area contributed by atoms with Gasteiger partial charge in [-0.2, -0.15) is 0 Å². The lowest BCUT2D eigenvalue weighted by Gasteiger charge is -2.34. The van der Waals surface area contributed by atoms with Crippen molar-refractivity contribution in [1.82, 2.24) is 15.1 Å². The lowest BCUT2D eigenvalue weighted by molar-refractivity contribution is -0.126. The summed E-state index contributed by atoms with van der Waals surface area (Å²) in [6, 6.07) is 3.42. The van der Waals surface area contributed by atoms with Gasteiger partial charge in [0.15, 0.2) is 0 Å². The number of nitrogens with zero attached hydrogens (tertiary/aromatic N) is 2. The van der Waals surface area contributed by atoms with E-state index in [1.807, 2.05) is 17.5 Å². The summed E-state index contributed by atoms with van der Waals surface area (Å²) in [6.07, 6.45) is 6.36. The average Bonchev–Trinajstić information content (AvgIpc) is 3.19. The fourth-order valence-corrected chi connectivity index (χ4v) is 4.79. The smallest absolute Gasteiger partial charge is 0.264 e. The highest BCUT2D eigenvalue weighted by atomic mass is 32.1. The molecule has 0 spiro atoms. The van der Waals surface area contributed by atoms with Crippen molar-refractivity contribution in [3.05, 3.63) is 22.4 Å². The Kier molecular flexibility index (Phi) is 7.08. The van der Waals surface area contributed by atoms with Gasteiger partial charge in [0, 0.05) is 19.6 Å². The van der Waals surface area contributed by atoms with E-state index in [9.17, 15) is 9.59 Å². The van der Waals surface area contributed by atoms with Crippen LogP contribution in [0.1, 0.15) is 55.1 Å². The van der Waals surface area contributed by atoms with Crippen LogP contribution >= 0.6 is 11.3 Å². The zero-order chi connectivity index (χ0) is 18.4. The molecular weight excluding hydrogens is 346 g/mol. The summed E-state index contributed by atoms with van der Waals surface area (Å²) in [5.41, 5.74) is 0. The Labute approximate surface area is 160 Å². The molecule has 5 nitrogen and oxygen atoms in total. The molecule has 0 saturated carbocycles. The van der Waals surface area contributed by atoms with Gasteiger partial charge in [0.25, 0.3) is 5.91 Å². The molecule has 0 aromatic carbocycles. The second-order valence-corrected chi connectivity index (χ2v) is 8.63. The summed E-state index contributed by atoms with van der Waals surface area (Å²) in [5.74, 6) is 0.807. The Bertz CT molecular complexity index is 590. The SMILES string of the molecule is CC1CCCN(CCCNC(=O)C2CCCCN2C(=O)c2cccs2)C1. The topological polar surface area (TPSA) is 52.7 Å². The number of likely N-dealkylation sites (tertiary alicyclic amines) is 2. The maximum absolute atomic E-state index is 12.7. The number of hydrogen-bond acceptors (Lipinski definition) is 4. The van der Waals surface area contributed by atoms with Crippen molar-refractivity contribution < 1.29 is 9.59 Å². The van der Waals surface area contributed by atoms with Crippen molar-refractivity contribution in [2.45, 2.75) is 51.5 Å². The highest BCUT2D eigenvalue weighted by Gasteiger charge is 2.32. The molecule has 1 aromatic rings. The van der Waals surface area contributed by atoms with Gasteiger partial charge in [0.05, 0.1) is 4.88 Å². The Hall–Kier alpha value is -1.40. The predicted molar refractivity (Wildman–Crippen MR) is 105 cm³/mol. The maximum Gasteiger partial charge on any atom is 0.264 e. The van der Waals surface area contributed by atoms with Gasteiger partial charge >= 0.3 is 0 Å². The molecule has 0 aliphatic carbocycles. The number of carbonyl (C=O) groups is 2. The van der Waals surface area contributed by atoms with E-state index >= 15 is 0 Å². The number of nitrogens with one attached hydrogen (secondary N) is 1. The number of carbonyl (C=O) groups excluding carboxylic acids is 2. The third-order valence-electron chi connectivity index (χ3n) is 5.49. The zero-order valence-corrected chi connectivity index (χ0v) is 16.6. The van der Waals surface area contributed by atoms with Gasteiger partial charge in [0.1, 0.15) is 6.04 Å². The fraction of sp³-hybridized carbons (Fsp3) is 0.700. The van der Waals surface area contributed by atoms with Crippen molar-refractivity contribution in [1.29, 1.82) is 0 Å². The molecular formula is C20H31N3O2S. The minimum absolute atomic E-state index is 0.00199. The van der Waals surface area contributed by atoms with Crippen molar-refractivity contribution in [2.75, 3.05) is 32.7 Å². The van der Waals surface area contributed by atoms with E-state index in [0.717, 1.165) is 43.0 Å². The van der Waals surface area contributed by atoms with Gasteiger partial charge in [-0.3, -0.25) is 9.59 Å². The summed E-state index contributed by atoms with van der Waals surface area (Å²) in [7, 11) is 0. The monoisotopic (exact) mass is 377 g/mol. The van der Waals surface area contributed by atoms with Gasteiger partial charge in [-0.25, -0.2) is 0 Å². The minimum Gasteiger partial charge on any atom is -0.354 e. The van der Waals surface area contributed by atoms with E-state index in [0.29, 0.717) is 13.1 Å². The van der Waals surface area contributed by atoms with Crippen LogP contribution in [0.4, 0.5) is 0 Å². The molecule has 6 heteroatoms. The van der Waals surface area contributed by atoms with Crippen LogP contribution in [0.15, 0.2) is 17.5 Å². The third-order valence-corrected chi connectivity index (χ3v) is 6.35. The Balaban J connectivity index is 1.45. The Morgan fingerprint density at radius 3 is 2.88 bits per heavy atom. The van der Waals surface area contributed by atoms with Gasteiger partial charge in [-0.1, -0.05) is 13.0 Å². The zero-order valence-electron chi connectivity index (χ0n) is 15.8. The molecule has 0 radical (unpaired) electrons. The summed E-state index contributed by atoms with van der Waals surface area (Å²) >= 11 is 1.45.